The van der Waals surface area contributed by atoms with Crippen LogP contribution in [-0.2, 0) is 16.1 Å². The fourth-order valence-corrected chi connectivity index (χ4v) is 4.44. The van der Waals surface area contributed by atoms with Crippen molar-refractivity contribution >= 4 is 17.7 Å². The lowest BCUT2D eigenvalue weighted by atomic mass is 9.96. The molecule has 2 aliphatic heterocycles. The van der Waals surface area contributed by atoms with Crippen LogP contribution in [0.15, 0.2) is 24.3 Å². The second-order valence-electron chi connectivity index (χ2n) is 8.89. The summed E-state index contributed by atoms with van der Waals surface area (Å²) in [5.74, 6) is -0.391. The van der Waals surface area contributed by atoms with Crippen LogP contribution in [0.2, 0.25) is 0 Å². The Morgan fingerprint density at radius 2 is 1.35 bits per heavy atom. The monoisotopic (exact) mass is 429 g/mol. The van der Waals surface area contributed by atoms with Gasteiger partial charge in [-0.1, -0.05) is 12.1 Å². The number of carbonyl (C=O) groups excluding carboxylic acids is 3. The number of hydrogen-bond donors (Lipinski definition) is 2. The molecule has 0 spiro atoms. The Balaban J connectivity index is 1.42. The largest absolute Gasteiger partial charge is 0.369 e. The van der Waals surface area contributed by atoms with Gasteiger partial charge in [0.05, 0.1) is 0 Å². The first-order valence-electron chi connectivity index (χ1n) is 11.2. The molecule has 2 saturated heterocycles. The van der Waals surface area contributed by atoms with Crippen LogP contribution >= 0.6 is 0 Å². The molecular formula is C23H35N5O3. The van der Waals surface area contributed by atoms with Gasteiger partial charge in [0.2, 0.25) is 11.8 Å². The number of hydrogen-bond acceptors (Lipinski definition) is 5. The maximum Gasteiger partial charge on any atom is 0.253 e. The first-order valence-corrected chi connectivity index (χ1v) is 11.2. The summed E-state index contributed by atoms with van der Waals surface area (Å²) in [5, 5.41) is 0. The number of nitrogens with zero attached hydrogens (tertiary/aromatic N) is 3. The van der Waals surface area contributed by atoms with Crippen molar-refractivity contribution in [1.82, 2.24) is 14.7 Å². The van der Waals surface area contributed by atoms with Gasteiger partial charge in [-0.2, -0.15) is 0 Å². The number of likely N-dealkylation sites (tertiary alicyclic amines) is 2. The lowest BCUT2D eigenvalue weighted by Gasteiger charge is -2.31. The summed E-state index contributed by atoms with van der Waals surface area (Å²) < 4.78 is 0. The molecule has 4 N–H and O–H groups in total. The topological polar surface area (TPSA) is 113 Å². The zero-order valence-corrected chi connectivity index (χ0v) is 18.5. The summed E-state index contributed by atoms with van der Waals surface area (Å²) in [6.07, 6.45) is 3.23. The van der Waals surface area contributed by atoms with Gasteiger partial charge in [0.15, 0.2) is 0 Å². The standard InChI is InChI=1S/C23H35N5O3/c1-26(14-15-27-10-6-18(7-11-27)21(24)29)23(31)20-4-2-17(3-5-20)16-28-12-8-19(9-13-28)22(25)30/h2-5,18-19H,6-16H2,1H3,(H2,24,29)(H2,25,30). The highest BCUT2D eigenvalue weighted by atomic mass is 16.2. The third-order valence-corrected chi connectivity index (χ3v) is 6.69. The number of rotatable bonds is 8. The maximum absolute atomic E-state index is 12.8. The number of carbonyl (C=O) groups is 3. The summed E-state index contributed by atoms with van der Waals surface area (Å²) in [4.78, 5) is 41.7. The molecule has 8 heteroatoms. The minimum Gasteiger partial charge on any atom is -0.369 e. The molecule has 8 nitrogen and oxygen atoms in total. The van der Waals surface area contributed by atoms with E-state index in [4.69, 9.17) is 11.5 Å². The number of primary amides is 2. The van der Waals surface area contributed by atoms with E-state index >= 15 is 0 Å². The van der Waals surface area contributed by atoms with E-state index in [0.29, 0.717) is 12.1 Å². The van der Waals surface area contributed by atoms with Crippen molar-refractivity contribution in [3.05, 3.63) is 35.4 Å². The Kier molecular flexibility index (Phi) is 8.03. The molecule has 0 atom stereocenters. The van der Waals surface area contributed by atoms with E-state index in [-0.39, 0.29) is 29.6 Å². The smallest absolute Gasteiger partial charge is 0.253 e. The first kappa shape index (κ1) is 23.2. The Labute approximate surface area is 184 Å². The molecule has 0 radical (unpaired) electrons. The predicted molar refractivity (Wildman–Crippen MR) is 119 cm³/mol. The number of likely N-dealkylation sites (N-methyl/N-ethyl adjacent to an activating group) is 1. The van der Waals surface area contributed by atoms with Crippen molar-refractivity contribution in [3.8, 4) is 0 Å². The average molecular weight is 430 g/mol. The fraction of sp³-hybridized carbons (Fsp3) is 0.609. The van der Waals surface area contributed by atoms with Gasteiger partial charge < -0.3 is 21.3 Å². The number of piperidine rings is 2. The van der Waals surface area contributed by atoms with Gasteiger partial charge in [-0.3, -0.25) is 19.3 Å². The third kappa shape index (κ3) is 6.51. The van der Waals surface area contributed by atoms with Crippen molar-refractivity contribution in [2.24, 2.45) is 23.3 Å². The van der Waals surface area contributed by atoms with E-state index in [1.54, 1.807) is 4.90 Å². The Bertz CT molecular complexity index is 766. The minimum absolute atomic E-state index is 0.00121. The predicted octanol–water partition coefficient (Wildman–Crippen LogP) is 0.653. The van der Waals surface area contributed by atoms with E-state index in [1.807, 2.05) is 31.3 Å². The summed E-state index contributed by atoms with van der Waals surface area (Å²) in [6.45, 7) is 5.70. The Morgan fingerprint density at radius 1 is 0.871 bits per heavy atom. The SMILES string of the molecule is CN(CCN1CCC(C(N)=O)CC1)C(=O)c1ccc(CN2CCC(C(N)=O)CC2)cc1. The van der Waals surface area contributed by atoms with Crippen LogP contribution in [0.5, 0.6) is 0 Å². The zero-order valence-electron chi connectivity index (χ0n) is 18.5. The highest BCUT2D eigenvalue weighted by molar-refractivity contribution is 5.94. The van der Waals surface area contributed by atoms with Gasteiger partial charge in [-0.15, -0.1) is 0 Å². The number of amides is 3. The molecule has 1 aromatic rings. The van der Waals surface area contributed by atoms with E-state index in [0.717, 1.165) is 70.5 Å². The van der Waals surface area contributed by atoms with Crippen molar-refractivity contribution in [3.63, 3.8) is 0 Å². The molecule has 2 aliphatic rings. The van der Waals surface area contributed by atoms with Crippen LogP contribution in [0.3, 0.4) is 0 Å². The van der Waals surface area contributed by atoms with E-state index < -0.39 is 0 Å². The molecule has 170 valence electrons. The van der Waals surface area contributed by atoms with E-state index in [9.17, 15) is 14.4 Å². The molecule has 3 rings (SSSR count). The maximum atomic E-state index is 12.8. The van der Waals surface area contributed by atoms with E-state index in [1.165, 1.54) is 0 Å². The molecular weight excluding hydrogens is 394 g/mol. The highest BCUT2D eigenvalue weighted by Gasteiger charge is 2.24. The molecule has 2 fully saturated rings. The van der Waals surface area contributed by atoms with Crippen LogP contribution in [-0.4, -0.2) is 78.7 Å². The van der Waals surface area contributed by atoms with Gasteiger partial charge in [0.25, 0.3) is 5.91 Å². The minimum atomic E-state index is -0.203. The summed E-state index contributed by atoms with van der Waals surface area (Å²) in [5.41, 5.74) is 12.6. The zero-order chi connectivity index (χ0) is 22.4. The average Bonchev–Trinajstić information content (AvgIpc) is 2.78. The molecule has 0 unspecified atom stereocenters. The van der Waals surface area contributed by atoms with Gasteiger partial charge in [0, 0.05) is 44.1 Å². The molecule has 1 aromatic carbocycles. The van der Waals surface area contributed by atoms with Crippen molar-refractivity contribution in [1.29, 1.82) is 0 Å². The van der Waals surface area contributed by atoms with Crippen molar-refractivity contribution in [2.75, 3.05) is 46.3 Å². The first-order chi connectivity index (χ1) is 14.8. The quantitative estimate of drug-likeness (QED) is 0.630. The Hall–Kier alpha value is -2.45. The lowest BCUT2D eigenvalue weighted by Crippen LogP contribution is -2.42. The van der Waals surface area contributed by atoms with Crippen LogP contribution in [0, 0.1) is 11.8 Å². The molecule has 0 aliphatic carbocycles. The lowest BCUT2D eigenvalue weighted by molar-refractivity contribution is -0.124. The van der Waals surface area contributed by atoms with E-state index in [2.05, 4.69) is 9.80 Å². The van der Waals surface area contributed by atoms with Crippen LogP contribution in [0.1, 0.15) is 41.6 Å². The molecule has 31 heavy (non-hydrogen) atoms. The van der Waals surface area contributed by atoms with Crippen LogP contribution in [0.4, 0.5) is 0 Å². The second-order valence-corrected chi connectivity index (χ2v) is 8.89. The number of nitrogens with two attached hydrogens (primary N) is 2. The summed E-state index contributed by atoms with van der Waals surface area (Å²) >= 11 is 0. The van der Waals surface area contributed by atoms with Gasteiger partial charge >= 0.3 is 0 Å². The van der Waals surface area contributed by atoms with Crippen LogP contribution in [0.25, 0.3) is 0 Å². The molecule has 0 aromatic heterocycles. The number of benzene rings is 1. The summed E-state index contributed by atoms with van der Waals surface area (Å²) in [6, 6.07) is 7.80. The van der Waals surface area contributed by atoms with Crippen LogP contribution < -0.4 is 11.5 Å². The second kappa shape index (κ2) is 10.7. The van der Waals surface area contributed by atoms with Crippen molar-refractivity contribution < 1.29 is 14.4 Å². The summed E-state index contributed by atoms with van der Waals surface area (Å²) in [7, 11) is 1.83. The van der Waals surface area contributed by atoms with Gasteiger partial charge in [-0.05, 0) is 69.6 Å². The molecule has 0 bridgehead atoms. The molecule has 0 saturated carbocycles. The molecule has 2 heterocycles. The van der Waals surface area contributed by atoms with Gasteiger partial charge in [0.1, 0.15) is 0 Å². The van der Waals surface area contributed by atoms with Crippen molar-refractivity contribution in [2.45, 2.75) is 32.2 Å². The fourth-order valence-electron chi connectivity index (χ4n) is 4.44. The highest BCUT2D eigenvalue weighted by Crippen LogP contribution is 2.19. The normalized spacial score (nSPS) is 19.3. The molecule has 3 amide bonds. The Morgan fingerprint density at radius 3 is 1.84 bits per heavy atom. The van der Waals surface area contributed by atoms with Gasteiger partial charge in [-0.25, -0.2) is 0 Å². The third-order valence-electron chi connectivity index (χ3n) is 6.69.